The molecule has 6 atom stereocenters. The van der Waals surface area contributed by atoms with Gasteiger partial charge in [0.15, 0.2) is 0 Å². The fourth-order valence-corrected chi connectivity index (χ4v) is 4.89. The Morgan fingerprint density at radius 1 is 0.842 bits per heavy atom. The molecule has 0 heterocycles. The van der Waals surface area contributed by atoms with Gasteiger partial charge < -0.3 is 9.47 Å². The van der Waals surface area contributed by atoms with Crippen LogP contribution in [-0.4, -0.2) is 43.8 Å². The SMILES string of the molecule is CC1CCC(C(C)C)C(OCOC(c2ccc(C(C)C(F)C(F)C(F)(F)F)cc2)(C(F)(F)F)C(F)(F)F)C1. The molecule has 2 rings (SSSR count). The van der Waals surface area contributed by atoms with Gasteiger partial charge in [0, 0.05) is 11.5 Å². The first-order valence-corrected chi connectivity index (χ1v) is 12.1. The van der Waals surface area contributed by atoms with Crippen LogP contribution in [0, 0.1) is 17.8 Å². The van der Waals surface area contributed by atoms with E-state index in [1.54, 1.807) is 0 Å². The molecule has 1 fully saturated rings. The third-order valence-electron chi connectivity index (χ3n) is 7.23. The van der Waals surface area contributed by atoms with Crippen molar-refractivity contribution in [3.8, 4) is 0 Å². The zero-order valence-corrected chi connectivity index (χ0v) is 21.2. The number of hydrogen-bond donors (Lipinski definition) is 0. The highest BCUT2D eigenvalue weighted by Crippen LogP contribution is 2.53. The van der Waals surface area contributed by atoms with E-state index in [-0.39, 0.29) is 17.8 Å². The van der Waals surface area contributed by atoms with Gasteiger partial charge in [-0.05, 0) is 36.2 Å². The lowest BCUT2D eigenvalue weighted by Gasteiger charge is -2.40. The fraction of sp³-hybridized carbons (Fsp3) is 0.760. The van der Waals surface area contributed by atoms with Crippen molar-refractivity contribution in [2.24, 2.45) is 17.8 Å². The minimum absolute atomic E-state index is 0.0672. The minimum atomic E-state index is -6.03. The second-order valence-electron chi connectivity index (χ2n) is 10.3. The van der Waals surface area contributed by atoms with Gasteiger partial charge in [0.1, 0.15) is 13.0 Å². The van der Waals surface area contributed by atoms with Crippen LogP contribution in [0.1, 0.15) is 64.0 Å². The molecule has 0 amide bonds. The molecule has 38 heavy (non-hydrogen) atoms. The van der Waals surface area contributed by atoms with Crippen LogP contribution < -0.4 is 0 Å². The van der Waals surface area contributed by atoms with Crippen molar-refractivity contribution >= 4 is 0 Å². The Morgan fingerprint density at radius 2 is 1.37 bits per heavy atom. The van der Waals surface area contributed by atoms with E-state index in [9.17, 15) is 48.3 Å². The van der Waals surface area contributed by atoms with Crippen LogP contribution in [-0.2, 0) is 15.1 Å². The zero-order chi connectivity index (χ0) is 29.3. The summed E-state index contributed by atoms with van der Waals surface area (Å²) in [7, 11) is 0. The van der Waals surface area contributed by atoms with Gasteiger partial charge in [-0.15, -0.1) is 0 Å². The van der Waals surface area contributed by atoms with Crippen molar-refractivity contribution in [1.82, 2.24) is 0 Å². The molecule has 1 aromatic carbocycles. The van der Waals surface area contributed by atoms with Crippen LogP contribution in [0.25, 0.3) is 0 Å². The molecule has 1 saturated carbocycles. The first-order valence-electron chi connectivity index (χ1n) is 12.1. The number of hydrogen-bond acceptors (Lipinski definition) is 2. The van der Waals surface area contributed by atoms with E-state index in [0.29, 0.717) is 37.1 Å². The molecule has 0 radical (unpaired) electrons. The van der Waals surface area contributed by atoms with Crippen LogP contribution >= 0.6 is 0 Å². The molecule has 0 aromatic heterocycles. The first kappa shape index (κ1) is 32.6. The van der Waals surface area contributed by atoms with Gasteiger partial charge >= 0.3 is 18.5 Å². The molecule has 0 aliphatic heterocycles. The second kappa shape index (κ2) is 11.9. The number of ether oxygens (including phenoxy) is 2. The summed E-state index contributed by atoms with van der Waals surface area (Å²) in [5, 5.41) is 0. The molecule has 220 valence electrons. The second-order valence-corrected chi connectivity index (χ2v) is 10.3. The maximum atomic E-state index is 14.1. The van der Waals surface area contributed by atoms with Crippen molar-refractivity contribution in [3.63, 3.8) is 0 Å². The van der Waals surface area contributed by atoms with Gasteiger partial charge in [-0.25, -0.2) is 8.78 Å². The Bertz CT molecular complexity index is 863. The zero-order valence-electron chi connectivity index (χ0n) is 21.2. The van der Waals surface area contributed by atoms with E-state index in [1.807, 2.05) is 20.8 Å². The molecule has 1 aliphatic carbocycles. The molecule has 1 aromatic rings. The van der Waals surface area contributed by atoms with Crippen molar-refractivity contribution in [3.05, 3.63) is 35.4 Å². The topological polar surface area (TPSA) is 18.5 Å². The highest BCUT2D eigenvalue weighted by molar-refractivity contribution is 5.32. The first-order chi connectivity index (χ1) is 17.2. The van der Waals surface area contributed by atoms with Gasteiger partial charge in [0.25, 0.3) is 5.60 Å². The van der Waals surface area contributed by atoms with E-state index in [0.717, 1.165) is 13.3 Å². The number of halogens is 11. The van der Waals surface area contributed by atoms with Crippen LogP contribution in [0.5, 0.6) is 0 Å². The molecule has 0 bridgehead atoms. The normalized spacial score (nSPS) is 24.4. The predicted molar refractivity (Wildman–Crippen MR) is 117 cm³/mol. The molecule has 1 aliphatic rings. The third-order valence-corrected chi connectivity index (χ3v) is 7.23. The van der Waals surface area contributed by atoms with E-state index < -0.39 is 66.4 Å². The molecule has 0 saturated heterocycles. The Hall–Kier alpha value is -1.63. The lowest BCUT2D eigenvalue weighted by Crippen LogP contribution is -2.56. The average molecular weight is 572 g/mol. The minimum Gasteiger partial charge on any atom is -0.352 e. The standard InChI is InChI=1S/C25H31F11O2/c1-13(2)18-10-5-14(3)11-19(18)37-12-38-22(24(31,32)33,25(34,35)36)17-8-6-16(7-9-17)15(4)20(26)21(27)23(28,29)30/h6-9,13-15,18-21H,5,10-12H2,1-4H3. The van der Waals surface area contributed by atoms with Gasteiger partial charge in [0.05, 0.1) is 6.10 Å². The lowest BCUT2D eigenvalue weighted by molar-refractivity contribution is -0.404. The monoisotopic (exact) mass is 572 g/mol. The van der Waals surface area contributed by atoms with Gasteiger partial charge in [-0.3, -0.25) is 0 Å². The van der Waals surface area contributed by atoms with Crippen molar-refractivity contribution < 1.29 is 57.8 Å². The molecule has 2 nitrogen and oxygen atoms in total. The number of alkyl halides is 11. The summed E-state index contributed by atoms with van der Waals surface area (Å²) >= 11 is 0. The molecule has 0 spiro atoms. The van der Waals surface area contributed by atoms with E-state index in [4.69, 9.17) is 4.74 Å². The van der Waals surface area contributed by atoms with Crippen molar-refractivity contribution in [1.29, 1.82) is 0 Å². The van der Waals surface area contributed by atoms with Crippen LogP contribution in [0.2, 0.25) is 0 Å². The summed E-state index contributed by atoms with van der Waals surface area (Å²) in [5.41, 5.74) is -6.70. The molecule has 6 unspecified atom stereocenters. The third kappa shape index (κ3) is 6.92. The van der Waals surface area contributed by atoms with Crippen molar-refractivity contribution in [2.75, 3.05) is 6.79 Å². The maximum absolute atomic E-state index is 14.1. The Labute approximate surface area is 213 Å². The molecule has 0 N–H and O–H groups in total. The Kier molecular flexibility index (Phi) is 10.2. The summed E-state index contributed by atoms with van der Waals surface area (Å²) < 4.78 is 159. The largest absolute Gasteiger partial charge is 0.430 e. The van der Waals surface area contributed by atoms with Crippen molar-refractivity contribution in [2.45, 2.75) is 95.5 Å². The fourth-order valence-electron chi connectivity index (χ4n) is 4.89. The van der Waals surface area contributed by atoms with Gasteiger partial charge in [-0.2, -0.15) is 39.5 Å². The van der Waals surface area contributed by atoms with Gasteiger partial charge in [-0.1, -0.05) is 58.4 Å². The summed E-state index contributed by atoms with van der Waals surface area (Å²) in [6, 6.07) is 1.84. The van der Waals surface area contributed by atoms with Crippen LogP contribution in [0.4, 0.5) is 48.3 Å². The number of benzene rings is 1. The lowest BCUT2D eigenvalue weighted by atomic mass is 9.75. The maximum Gasteiger partial charge on any atom is 0.430 e. The highest BCUT2D eigenvalue weighted by Gasteiger charge is 2.73. The molecule has 13 heteroatoms. The quantitative estimate of drug-likeness (QED) is 0.218. The van der Waals surface area contributed by atoms with E-state index in [1.165, 1.54) is 0 Å². The summed E-state index contributed by atoms with van der Waals surface area (Å²) in [6.07, 6.45) is -23.3. The summed E-state index contributed by atoms with van der Waals surface area (Å²) in [4.78, 5) is 0. The van der Waals surface area contributed by atoms with Crippen LogP contribution in [0.3, 0.4) is 0 Å². The molecular formula is C25H31F11O2. The Balaban J connectivity index is 2.36. The average Bonchev–Trinajstić information content (AvgIpc) is 2.78. The van der Waals surface area contributed by atoms with E-state index in [2.05, 4.69) is 4.74 Å². The van der Waals surface area contributed by atoms with Crippen LogP contribution in [0.15, 0.2) is 24.3 Å². The molecular weight excluding hydrogens is 541 g/mol. The highest BCUT2D eigenvalue weighted by atomic mass is 19.4. The predicted octanol–water partition coefficient (Wildman–Crippen LogP) is 8.80. The number of rotatable bonds is 9. The summed E-state index contributed by atoms with van der Waals surface area (Å²) in [6.45, 7) is 5.14. The summed E-state index contributed by atoms with van der Waals surface area (Å²) in [5.74, 6) is -1.69. The van der Waals surface area contributed by atoms with E-state index >= 15 is 0 Å². The smallest absolute Gasteiger partial charge is 0.352 e. The van der Waals surface area contributed by atoms with Gasteiger partial charge in [0.2, 0.25) is 6.17 Å². The Morgan fingerprint density at radius 3 is 1.82 bits per heavy atom.